The van der Waals surface area contributed by atoms with E-state index in [0.29, 0.717) is 17.6 Å². The predicted molar refractivity (Wildman–Crippen MR) is 159 cm³/mol. The van der Waals surface area contributed by atoms with E-state index in [-0.39, 0.29) is 0 Å². The van der Waals surface area contributed by atoms with E-state index in [1.165, 1.54) is 27.3 Å². The summed E-state index contributed by atoms with van der Waals surface area (Å²) in [7, 11) is 0. The van der Waals surface area contributed by atoms with Crippen molar-refractivity contribution >= 4 is 38.9 Å². The Hall–Kier alpha value is -5.35. The number of nitrogens with zero attached hydrogens (tertiary/aromatic N) is 4. The maximum atomic E-state index is 5.12. The van der Waals surface area contributed by atoms with Crippen LogP contribution in [0.5, 0.6) is 0 Å². The molecular weight excluding hydrogens is 476 g/mol. The number of fused-ring (bicyclic) bond motifs is 4. The summed E-state index contributed by atoms with van der Waals surface area (Å²) < 4.78 is 0. The minimum absolute atomic E-state index is 0.599. The highest BCUT2D eigenvalue weighted by Gasteiger charge is 2.30. The summed E-state index contributed by atoms with van der Waals surface area (Å²) in [5, 5.41) is 4.72. The molecule has 0 radical (unpaired) electrons. The van der Waals surface area contributed by atoms with Crippen molar-refractivity contribution < 1.29 is 0 Å². The first-order chi connectivity index (χ1) is 19.3. The van der Waals surface area contributed by atoms with Gasteiger partial charge in [-0.1, -0.05) is 127 Å². The molecule has 7 aromatic rings. The SMILES string of the molecule is c1ccc(-c2nc(-c3ccccc3)nc(N3c4c(ccc5ccccc45)-c4cccc5cccc3c45)n2)cc1. The summed E-state index contributed by atoms with van der Waals surface area (Å²) in [6.07, 6.45) is 0. The molecule has 1 aromatic heterocycles. The van der Waals surface area contributed by atoms with Gasteiger partial charge in [0.2, 0.25) is 5.95 Å². The number of benzene rings is 6. The van der Waals surface area contributed by atoms with Gasteiger partial charge in [-0.15, -0.1) is 0 Å². The highest BCUT2D eigenvalue weighted by molar-refractivity contribution is 6.18. The van der Waals surface area contributed by atoms with Gasteiger partial charge < -0.3 is 0 Å². The van der Waals surface area contributed by atoms with Gasteiger partial charge in [0.25, 0.3) is 0 Å². The largest absolute Gasteiger partial charge is 0.277 e. The second-order valence-electron chi connectivity index (χ2n) is 9.71. The summed E-state index contributed by atoms with van der Waals surface area (Å²) >= 11 is 0. The van der Waals surface area contributed by atoms with Crippen LogP contribution in [0.4, 0.5) is 17.3 Å². The van der Waals surface area contributed by atoms with Crippen LogP contribution in [-0.4, -0.2) is 15.0 Å². The van der Waals surface area contributed by atoms with Gasteiger partial charge in [-0.25, -0.2) is 4.98 Å². The third kappa shape index (κ3) is 3.42. The molecule has 6 aromatic carbocycles. The zero-order valence-electron chi connectivity index (χ0n) is 21.0. The second-order valence-corrected chi connectivity index (χ2v) is 9.71. The van der Waals surface area contributed by atoms with Gasteiger partial charge in [0.05, 0.1) is 11.4 Å². The Kier molecular flexibility index (Phi) is 4.79. The second kappa shape index (κ2) is 8.61. The quantitative estimate of drug-likeness (QED) is 0.244. The van der Waals surface area contributed by atoms with Crippen molar-refractivity contribution in [3.8, 4) is 33.9 Å². The molecule has 0 aliphatic carbocycles. The van der Waals surface area contributed by atoms with Crippen LogP contribution in [0.3, 0.4) is 0 Å². The fraction of sp³-hybridized carbons (Fsp3) is 0. The zero-order valence-corrected chi connectivity index (χ0v) is 21.0. The van der Waals surface area contributed by atoms with E-state index in [1.807, 2.05) is 60.7 Å². The van der Waals surface area contributed by atoms with Crippen LogP contribution in [0.15, 0.2) is 133 Å². The lowest BCUT2D eigenvalue weighted by atomic mass is 9.89. The molecule has 2 heterocycles. The summed E-state index contributed by atoms with van der Waals surface area (Å²) in [5.74, 6) is 1.89. The van der Waals surface area contributed by atoms with Gasteiger partial charge >= 0.3 is 0 Å². The normalized spacial score (nSPS) is 12.1. The van der Waals surface area contributed by atoms with E-state index >= 15 is 0 Å². The molecule has 0 atom stereocenters. The summed E-state index contributed by atoms with van der Waals surface area (Å²) in [5.41, 5.74) is 6.44. The standard InChI is InChI=1S/C35H22N4/c1-3-12-25(13-4-1)33-36-34(26-14-5-2-6-15-26)38-35(37-33)39-30-20-10-17-24-16-9-19-28(31(24)30)29-22-21-23-11-7-8-18-27(23)32(29)39/h1-22H. The molecule has 1 aliphatic rings. The van der Waals surface area contributed by atoms with E-state index in [0.717, 1.165) is 27.9 Å². The number of hydrogen-bond donors (Lipinski definition) is 0. The van der Waals surface area contributed by atoms with E-state index in [9.17, 15) is 0 Å². The molecule has 0 saturated heterocycles. The number of anilines is 3. The number of hydrogen-bond acceptors (Lipinski definition) is 4. The maximum Gasteiger partial charge on any atom is 0.238 e. The third-order valence-corrected chi connectivity index (χ3v) is 7.43. The number of aromatic nitrogens is 3. The van der Waals surface area contributed by atoms with Gasteiger partial charge in [0.1, 0.15) is 0 Å². The van der Waals surface area contributed by atoms with E-state index < -0.39 is 0 Å². The lowest BCUT2D eigenvalue weighted by Gasteiger charge is -2.33. The molecule has 4 heteroatoms. The highest BCUT2D eigenvalue weighted by atomic mass is 15.3. The fourth-order valence-corrected chi connectivity index (χ4v) is 5.67. The molecule has 39 heavy (non-hydrogen) atoms. The first kappa shape index (κ1) is 21.7. The van der Waals surface area contributed by atoms with Crippen molar-refractivity contribution in [2.75, 3.05) is 4.90 Å². The van der Waals surface area contributed by atoms with Gasteiger partial charge in [-0.2, -0.15) is 9.97 Å². The molecule has 0 bridgehead atoms. The van der Waals surface area contributed by atoms with Crippen molar-refractivity contribution in [1.82, 2.24) is 15.0 Å². The Bertz CT molecular complexity index is 1950. The van der Waals surface area contributed by atoms with Crippen molar-refractivity contribution in [3.63, 3.8) is 0 Å². The third-order valence-electron chi connectivity index (χ3n) is 7.43. The predicted octanol–water partition coefficient (Wildman–Crippen LogP) is 8.96. The molecule has 0 N–H and O–H groups in total. The van der Waals surface area contributed by atoms with Crippen LogP contribution < -0.4 is 4.90 Å². The van der Waals surface area contributed by atoms with Gasteiger partial charge in [-0.05, 0) is 22.4 Å². The highest BCUT2D eigenvalue weighted by Crippen LogP contribution is 2.52. The average Bonchev–Trinajstić information content (AvgIpc) is 3.02. The topological polar surface area (TPSA) is 41.9 Å². The Balaban J connectivity index is 1.49. The summed E-state index contributed by atoms with van der Waals surface area (Å²) in [6.45, 7) is 0. The molecule has 0 amide bonds. The minimum Gasteiger partial charge on any atom is -0.277 e. The van der Waals surface area contributed by atoms with Crippen LogP contribution >= 0.6 is 0 Å². The number of rotatable bonds is 3. The van der Waals surface area contributed by atoms with Crippen LogP contribution in [0, 0.1) is 0 Å². The van der Waals surface area contributed by atoms with E-state index in [4.69, 9.17) is 15.0 Å². The van der Waals surface area contributed by atoms with Crippen molar-refractivity contribution in [2.24, 2.45) is 0 Å². The molecule has 0 spiro atoms. The van der Waals surface area contributed by atoms with E-state index in [2.05, 4.69) is 77.7 Å². The average molecular weight is 499 g/mol. The lowest BCUT2D eigenvalue weighted by Crippen LogP contribution is -2.19. The maximum absolute atomic E-state index is 5.12. The van der Waals surface area contributed by atoms with Crippen LogP contribution in [-0.2, 0) is 0 Å². The van der Waals surface area contributed by atoms with Gasteiger partial charge in [-0.3, -0.25) is 4.90 Å². The Morgan fingerprint density at radius 1 is 0.436 bits per heavy atom. The lowest BCUT2D eigenvalue weighted by molar-refractivity contribution is 1.03. The smallest absolute Gasteiger partial charge is 0.238 e. The molecule has 4 nitrogen and oxygen atoms in total. The van der Waals surface area contributed by atoms with Crippen LogP contribution in [0.1, 0.15) is 0 Å². The molecule has 8 rings (SSSR count). The molecule has 0 fully saturated rings. The monoisotopic (exact) mass is 498 g/mol. The van der Waals surface area contributed by atoms with Crippen molar-refractivity contribution in [2.45, 2.75) is 0 Å². The summed E-state index contributed by atoms with van der Waals surface area (Å²) in [4.78, 5) is 17.4. The molecule has 0 unspecified atom stereocenters. The Morgan fingerprint density at radius 3 is 1.77 bits per heavy atom. The minimum atomic E-state index is 0.599. The Labute approximate surface area is 225 Å². The van der Waals surface area contributed by atoms with Crippen molar-refractivity contribution in [1.29, 1.82) is 0 Å². The summed E-state index contributed by atoms with van der Waals surface area (Å²) in [6, 6.07) is 46.2. The molecule has 1 aliphatic heterocycles. The zero-order chi connectivity index (χ0) is 25.8. The molecular formula is C35H22N4. The first-order valence-electron chi connectivity index (χ1n) is 13.1. The van der Waals surface area contributed by atoms with Crippen LogP contribution in [0.25, 0.3) is 55.4 Å². The van der Waals surface area contributed by atoms with Gasteiger partial charge in [0, 0.05) is 27.5 Å². The van der Waals surface area contributed by atoms with Gasteiger partial charge in [0.15, 0.2) is 11.6 Å². The van der Waals surface area contributed by atoms with Crippen molar-refractivity contribution in [3.05, 3.63) is 133 Å². The molecule has 0 saturated carbocycles. The van der Waals surface area contributed by atoms with E-state index in [1.54, 1.807) is 0 Å². The fourth-order valence-electron chi connectivity index (χ4n) is 5.67. The first-order valence-corrected chi connectivity index (χ1v) is 13.1. The van der Waals surface area contributed by atoms with Crippen LogP contribution in [0.2, 0.25) is 0 Å². The Morgan fingerprint density at radius 2 is 1.05 bits per heavy atom. The molecule has 182 valence electrons.